The van der Waals surface area contributed by atoms with Crippen LogP contribution in [-0.2, 0) is 13.0 Å². The van der Waals surface area contributed by atoms with Gasteiger partial charge < -0.3 is 9.84 Å². The van der Waals surface area contributed by atoms with Crippen LogP contribution in [0, 0.1) is 5.82 Å². The van der Waals surface area contributed by atoms with Gasteiger partial charge in [-0.3, -0.25) is 0 Å². The number of rotatable bonds is 6. The summed E-state index contributed by atoms with van der Waals surface area (Å²) in [7, 11) is 0. The van der Waals surface area contributed by atoms with Gasteiger partial charge in [-0.1, -0.05) is 29.8 Å². The number of halogens is 2. The van der Waals surface area contributed by atoms with E-state index in [4.69, 9.17) is 21.4 Å². The maximum absolute atomic E-state index is 13.7. The summed E-state index contributed by atoms with van der Waals surface area (Å²) in [4.78, 5) is 15.0. The lowest BCUT2D eigenvalue weighted by atomic mass is 10.1. The molecule has 3 aromatic rings. The third-order valence-corrected chi connectivity index (χ3v) is 4.58. The molecule has 0 aliphatic rings. The van der Waals surface area contributed by atoms with Gasteiger partial charge in [0.1, 0.15) is 18.2 Å². The summed E-state index contributed by atoms with van der Waals surface area (Å²) in [6, 6.07) is 11.5. The highest BCUT2D eigenvalue weighted by molar-refractivity contribution is 7.11. The lowest BCUT2D eigenvalue weighted by Gasteiger charge is -2.12. The Hall–Kier alpha value is -2.44. The molecule has 2 aromatic carbocycles. The van der Waals surface area contributed by atoms with Gasteiger partial charge >= 0.3 is 5.97 Å². The summed E-state index contributed by atoms with van der Waals surface area (Å²) in [5.74, 6) is -0.834. The van der Waals surface area contributed by atoms with E-state index in [0.717, 1.165) is 16.9 Å². The fraction of sp³-hybridized carbons (Fsp3) is 0.111. The quantitative estimate of drug-likeness (QED) is 0.670. The molecule has 1 heterocycles. The molecule has 25 heavy (non-hydrogen) atoms. The summed E-state index contributed by atoms with van der Waals surface area (Å²) in [6.45, 7) is 0.0821. The molecule has 3 rings (SSSR count). The van der Waals surface area contributed by atoms with Crippen molar-refractivity contribution < 1.29 is 19.0 Å². The Morgan fingerprint density at radius 1 is 1.24 bits per heavy atom. The van der Waals surface area contributed by atoms with E-state index in [2.05, 4.69) is 4.98 Å². The van der Waals surface area contributed by atoms with Gasteiger partial charge in [0.25, 0.3) is 0 Å². The normalized spacial score (nSPS) is 10.6. The van der Waals surface area contributed by atoms with E-state index in [9.17, 15) is 9.18 Å². The van der Waals surface area contributed by atoms with E-state index < -0.39 is 5.97 Å². The second kappa shape index (κ2) is 7.63. The zero-order valence-electron chi connectivity index (χ0n) is 12.9. The summed E-state index contributed by atoms with van der Waals surface area (Å²) >= 11 is 7.12. The molecule has 0 unspecified atom stereocenters. The van der Waals surface area contributed by atoms with Crippen molar-refractivity contribution in [2.24, 2.45) is 0 Å². The Morgan fingerprint density at radius 2 is 2.04 bits per heavy atom. The van der Waals surface area contributed by atoms with Gasteiger partial charge in [0.05, 0.1) is 5.69 Å². The lowest BCUT2D eigenvalue weighted by Crippen LogP contribution is -2.02. The van der Waals surface area contributed by atoms with E-state index >= 15 is 0 Å². The second-order valence-electron chi connectivity index (χ2n) is 5.26. The first-order valence-electron chi connectivity index (χ1n) is 7.35. The molecule has 0 aliphatic carbocycles. The number of nitrogens with zero attached hydrogens (tertiary/aromatic N) is 1. The lowest BCUT2D eigenvalue weighted by molar-refractivity contribution is 0.0696. The van der Waals surface area contributed by atoms with Crippen molar-refractivity contribution in [1.82, 2.24) is 4.98 Å². The van der Waals surface area contributed by atoms with Crippen molar-refractivity contribution in [2.75, 3.05) is 0 Å². The van der Waals surface area contributed by atoms with Gasteiger partial charge in [-0.05, 0) is 24.3 Å². The van der Waals surface area contributed by atoms with Crippen LogP contribution in [0.1, 0.15) is 26.6 Å². The van der Waals surface area contributed by atoms with Crippen molar-refractivity contribution in [3.05, 3.63) is 80.5 Å². The van der Waals surface area contributed by atoms with Gasteiger partial charge in [0.15, 0.2) is 0 Å². The Balaban J connectivity index is 1.80. The third-order valence-electron chi connectivity index (χ3n) is 3.47. The summed E-state index contributed by atoms with van der Waals surface area (Å²) in [6.07, 6.45) is 0.372. The standard InChI is InChI=1S/C18H13ClFNO3S/c19-13-5-6-16(24-9-11-3-1-2-4-15(11)20)12(7-13)8-14-10-25-17(21-14)18(22)23/h1-7,10H,8-9H2,(H,22,23). The van der Waals surface area contributed by atoms with Crippen LogP contribution < -0.4 is 4.74 Å². The van der Waals surface area contributed by atoms with E-state index in [0.29, 0.717) is 28.5 Å². The molecule has 0 radical (unpaired) electrons. The molecule has 1 N–H and O–H groups in total. The number of hydrogen-bond donors (Lipinski definition) is 1. The third kappa shape index (κ3) is 4.35. The van der Waals surface area contributed by atoms with E-state index in [-0.39, 0.29) is 17.4 Å². The molecule has 0 aliphatic heterocycles. The number of thiazole rings is 1. The van der Waals surface area contributed by atoms with E-state index in [1.54, 1.807) is 41.8 Å². The van der Waals surface area contributed by atoms with Crippen LogP contribution in [0.4, 0.5) is 4.39 Å². The molecule has 0 atom stereocenters. The SMILES string of the molecule is O=C(O)c1nc(Cc2cc(Cl)ccc2OCc2ccccc2F)cs1. The zero-order chi connectivity index (χ0) is 17.8. The highest BCUT2D eigenvalue weighted by atomic mass is 35.5. The van der Waals surface area contributed by atoms with Crippen molar-refractivity contribution in [1.29, 1.82) is 0 Å². The molecule has 0 saturated carbocycles. The Bertz CT molecular complexity index is 913. The van der Waals surface area contributed by atoms with Gasteiger partial charge in [-0.2, -0.15) is 0 Å². The minimum atomic E-state index is -1.06. The number of carboxylic acid groups (broad SMARTS) is 1. The van der Waals surface area contributed by atoms with Crippen LogP contribution in [0.15, 0.2) is 47.8 Å². The molecule has 128 valence electrons. The van der Waals surface area contributed by atoms with Crippen LogP contribution in [0.5, 0.6) is 5.75 Å². The number of hydrogen-bond acceptors (Lipinski definition) is 4. The van der Waals surface area contributed by atoms with Crippen molar-refractivity contribution in [3.8, 4) is 5.75 Å². The smallest absolute Gasteiger partial charge is 0.365 e. The van der Waals surface area contributed by atoms with Crippen LogP contribution >= 0.6 is 22.9 Å². The zero-order valence-corrected chi connectivity index (χ0v) is 14.5. The van der Waals surface area contributed by atoms with Crippen LogP contribution in [0.3, 0.4) is 0 Å². The summed E-state index contributed by atoms with van der Waals surface area (Å²) in [5, 5.41) is 11.2. The Kier molecular flexibility index (Phi) is 5.31. The molecular formula is C18H13ClFNO3S. The molecule has 0 fully saturated rings. The van der Waals surface area contributed by atoms with E-state index in [1.165, 1.54) is 6.07 Å². The number of benzene rings is 2. The molecule has 7 heteroatoms. The fourth-order valence-corrected chi connectivity index (χ4v) is 3.13. The van der Waals surface area contributed by atoms with Gasteiger partial charge in [0, 0.05) is 28.0 Å². The largest absolute Gasteiger partial charge is 0.489 e. The summed E-state index contributed by atoms with van der Waals surface area (Å²) in [5.41, 5.74) is 1.82. The van der Waals surface area contributed by atoms with Crippen molar-refractivity contribution >= 4 is 28.9 Å². The Morgan fingerprint density at radius 3 is 2.76 bits per heavy atom. The maximum atomic E-state index is 13.7. The van der Waals surface area contributed by atoms with Gasteiger partial charge in [-0.25, -0.2) is 14.2 Å². The molecule has 1 aromatic heterocycles. The van der Waals surface area contributed by atoms with Crippen molar-refractivity contribution in [2.45, 2.75) is 13.0 Å². The topological polar surface area (TPSA) is 59.4 Å². The first-order valence-corrected chi connectivity index (χ1v) is 8.61. The number of ether oxygens (including phenoxy) is 1. The second-order valence-corrected chi connectivity index (χ2v) is 6.55. The first-order chi connectivity index (χ1) is 12.0. The molecule has 4 nitrogen and oxygen atoms in total. The number of aromatic carboxylic acids is 1. The Labute approximate surface area is 152 Å². The number of carbonyl (C=O) groups is 1. The van der Waals surface area contributed by atoms with Crippen LogP contribution in [0.25, 0.3) is 0 Å². The average molecular weight is 378 g/mol. The van der Waals surface area contributed by atoms with Gasteiger partial charge in [0.2, 0.25) is 5.01 Å². The highest BCUT2D eigenvalue weighted by Crippen LogP contribution is 2.27. The summed E-state index contributed by atoms with van der Waals surface area (Å²) < 4.78 is 19.5. The number of carboxylic acids is 1. The maximum Gasteiger partial charge on any atom is 0.365 e. The molecule has 0 saturated heterocycles. The monoisotopic (exact) mass is 377 g/mol. The van der Waals surface area contributed by atoms with Crippen LogP contribution in [0.2, 0.25) is 5.02 Å². The van der Waals surface area contributed by atoms with Crippen molar-refractivity contribution in [3.63, 3.8) is 0 Å². The average Bonchev–Trinajstić information content (AvgIpc) is 3.04. The van der Waals surface area contributed by atoms with Gasteiger partial charge in [-0.15, -0.1) is 11.3 Å². The molecule has 0 bridgehead atoms. The predicted octanol–water partition coefficient (Wildman–Crippen LogP) is 4.80. The predicted molar refractivity (Wildman–Crippen MR) is 94.1 cm³/mol. The fourth-order valence-electron chi connectivity index (χ4n) is 2.28. The van der Waals surface area contributed by atoms with E-state index in [1.807, 2.05) is 0 Å². The highest BCUT2D eigenvalue weighted by Gasteiger charge is 2.13. The molecular weight excluding hydrogens is 365 g/mol. The van der Waals surface area contributed by atoms with Crippen LogP contribution in [-0.4, -0.2) is 16.1 Å². The minimum absolute atomic E-state index is 0.0332. The minimum Gasteiger partial charge on any atom is -0.489 e. The molecule has 0 amide bonds. The number of aromatic nitrogens is 1. The molecule has 0 spiro atoms. The first kappa shape index (κ1) is 17.4.